The highest BCUT2D eigenvalue weighted by atomic mass is 16.6. The van der Waals surface area contributed by atoms with Crippen LogP contribution in [0.4, 0.5) is 0 Å². The molecule has 5 rings (SSSR count). The van der Waals surface area contributed by atoms with Gasteiger partial charge >= 0.3 is 11.9 Å². The number of aliphatic hydroxyl groups is 2. The van der Waals surface area contributed by atoms with Gasteiger partial charge in [0.15, 0.2) is 0 Å². The Morgan fingerprint density at radius 2 is 1.97 bits per heavy atom. The van der Waals surface area contributed by atoms with Gasteiger partial charge in [0.1, 0.15) is 18.8 Å². The molecule has 6 heteroatoms. The van der Waals surface area contributed by atoms with E-state index in [1.165, 1.54) is 12.5 Å². The smallest absolute Gasteiger partial charge is 0.331 e. The lowest BCUT2D eigenvalue weighted by atomic mass is 9.45. The molecule has 0 amide bonds. The molecule has 0 aromatic rings. The van der Waals surface area contributed by atoms with Crippen molar-refractivity contribution >= 4 is 11.9 Å². The standard InChI is InChI=1S/C25H34O6/c1-14(26)31-21-12-23(2)16(11-20(21)27)4-5-19-18(23)6-8-24(3)17(7-9-25(19,24)29)15-10-22(28)30-13-15/h10-11,17-21,27,29H,4-9,12-13H2,1-3H3/t17-,18+,19+,20-,21-,23+,24-,25+/m1/s1. The maximum Gasteiger partial charge on any atom is 0.331 e. The van der Waals surface area contributed by atoms with Gasteiger partial charge in [0, 0.05) is 18.4 Å². The van der Waals surface area contributed by atoms with E-state index < -0.39 is 17.8 Å². The van der Waals surface area contributed by atoms with E-state index in [0.717, 1.165) is 44.1 Å². The predicted molar refractivity (Wildman–Crippen MR) is 113 cm³/mol. The molecule has 8 atom stereocenters. The number of hydrogen-bond acceptors (Lipinski definition) is 6. The van der Waals surface area contributed by atoms with Crippen molar-refractivity contribution in [3.63, 3.8) is 0 Å². The number of rotatable bonds is 2. The molecule has 1 aliphatic heterocycles. The molecule has 0 spiro atoms. The molecule has 0 aromatic carbocycles. The van der Waals surface area contributed by atoms with Crippen molar-refractivity contribution in [2.24, 2.45) is 28.6 Å². The number of cyclic esters (lactones) is 1. The van der Waals surface area contributed by atoms with Gasteiger partial charge in [-0.15, -0.1) is 0 Å². The van der Waals surface area contributed by atoms with Gasteiger partial charge in [-0.25, -0.2) is 4.79 Å². The zero-order valence-electron chi connectivity index (χ0n) is 18.7. The van der Waals surface area contributed by atoms with Crippen LogP contribution in [0.2, 0.25) is 0 Å². The van der Waals surface area contributed by atoms with Crippen LogP contribution in [0.15, 0.2) is 23.3 Å². The van der Waals surface area contributed by atoms with Crippen molar-refractivity contribution in [2.75, 3.05) is 6.61 Å². The fourth-order valence-corrected chi connectivity index (χ4v) is 8.21. The van der Waals surface area contributed by atoms with E-state index in [2.05, 4.69) is 13.8 Å². The predicted octanol–water partition coefficient (Wildman–Crippen LogP) is 3.07. The van der Waals surface area contributed by atoms with Gasteiger partial charge in [-0.1, -0.05) is 25.5 Å². The minimum absolute atomic E-state index is 0.158. The van der Waals surface area contributed by atoms with Crippen molar-refractivity contribution < 1.29 is 29.3 Å². The molecule has 0 unspecified atom stereocenters. The molecule has 170 valence electrons. The Hall–Kier alpha value is -1.66. The molecule has 3 saturated carbocycles. The van der Waals surface area contributed by atoms with E-state index in [0.29, 0.717) is 13.0 Å². The number of hydrogen-bond donors (Lipinski definition) is 2. The normalized spacial score (nSPS) is 48.7. The summed E-state index contributed by atoms with van der Waals surface area (Å²) in [4.78, 5) is 23.3. The van der Waals surface area contributed by atoms with Crippen LogP contribution >= 0.6 is 0 Å². The van der Waals surface area contributed by atoms with Gasteiger partial charge in [0.05, 0.1) is 5.60 Å². The second kappa shape index (κ2) is 6.92. The third-order valence-electron chi connectivity index (χ3n) is 9.75. The maximum absolute atomic E-state index is 12.2. The van der Waals surface area contributed by atoms with Crippen LogP contribution in [0, 0.1) is 28.6 Å². The van der Waals surface area contributed by atoms with Gasteiger partial charge < -0.3 is 19.7 Å². The molecule has 31 heavy (non-hydrogen) atoms. The third kappa shape index (κ3) is 2.90. The van der Waals surface area contributed by atoms with E-state index in [4.69, 9.17) is 9.47 Å². The summed E-state index contributed by atoms with van der Waals surface area (Å²) < 4.78 is 10.7. The lowest BCUT2D eigenvalue weighted by Crippen LogP contribution is -2.61. The monoisotopic (exact) mass is 430 g/mol. The van der Waals surface area contributed by atoms with Crippen LogP contribution in [0.1, 0.15) is 65.7 Å². The summed E-state index contributed by atoms with van der Waals surface area (Å²) in [6.07, 6.45) is 8.13. The number of esters is 2. The number of carbonyl (C=O) groups excluding carboxylic acids is 2. The Morgan fingerprint density at radius 3 is 2.65 bits per heavy atom. The quantitative estimate of drug-likeness (QED) is 0.517. The average Bonchev–Trinajstić information content (AvgIpc) is 3.23. The van der Waals surface area contributed by atoms with Gasteiger partial charge in [0.2, 0.25) is 0 Å². The number of allylic oxidation sites excluding steroid dienone is 1. The van der Waals surface area contributed by atoms with Crippen LogP contribution in [0.5, 0.6) is 0 Å². The number of carbonyl (C=O) groups is 2. The molecule has 0 aromatic heterocycles. The minimum Gasteiger partial charge on any atom is -0.459 e. The first kappa shape index (κ1) is 21.2. The molecule has 3 fully saturated rings. The Balaban J connectivity index is 1.47. The number of fused-ring (bicyclic) bond motifs is 5. The Labute approximate surface area is 183 Å². The summed E-state index contributed by atoms with van der Waals surface area (Å²) in [5.41, 5.74) is 1.05. The van der Waals surface area contributed by atoms with E-state index in [9.17, 15) is 19.8 Å². The minimum atomic E-state index is -0.783. The molecule has 5 aliphatic rings. The SMILES string of the molecule is CC(=O)O[C@@H]1C[C@@]2(C)C(=C[C@H]1O)CC[C@H]1[C@@H]2CC[C@]2(C)[C@@H](C3=CC(=O)OC3)CC[C@]12O. The molecule has 0 saturated heterocycles. The lowest BCUT2D eigenvalue weighted by Gasteiger charge is -2.62. The van der Waals surface area contributed by atoms with Crippen LogP contribution < -0.4 is 0 Å². The maximum atomic E-state index is 12.2. The van der Waals surface area contributed by atoms with Crippen LogP contribution in [0.3, 0.4) is 0 Å². The topological polar surface area (TPSA) is 93.1 Å². The van der Waals surface area contributed by atoms with Crippen LogP contribution in [-0.4, -0.2) is 46.6 Å². The highest BCUT2D eigenvalue weighted by Crippen LogP contribution is 2.69. The average molecular weight is 431 g/mol. The molecular formula is C25H34O6. The summed E-state index contributed by atoms with van der Waals surface area (Å²) >= 11 is 0. The van der Waals surface area contributed by atoms with Gasteiger partial charge in [0.25, 0.3) is 0 Å². The highest BCUT2D eigenvalue weighted by molar-refractivity contribution is 5.85. The van der Waals surface area contributed by atoms with Crippen LogP contribution in [-0.2, 0) is 19.1 Å². The first-order valence-corrected chi connectivity index (χ1v) is 11.7. The van der Waals surface area contributed by atoms with E-state index in [1.54, 1.807) is 6.08 Å². The molecule has 6 nitrogen and oxygen atoms in total. The molecule has 0 radical (unpaired) electrons. The molecule has 4 aliphatic carbocycles. The van der Waals surface area contributed by atoms with E-state index >= 15 is 0 Å². The highest BCUT2D eigenvalue weighted by Gasteiger charge is 2.67. The summed E-state index contributed by atoms with van der Waals surface area (Å²) in [7, 11) is 0. The van der Waals surface area contributed by atoms with Crippen molar-refractivity contribution in [3.8, 4) is 0 Å². The second-order valence-electron chi connectivity index (χ2n) is 11.0. The van der Waals surface area contributed by atoms with Crippen molar-refractivity contribution in [1.29, 1.82) is 0 Å². The molecule has 2 N–H and O–H groups in total. The number of ether oxygens (including phenoxy) is 2. The molecular weight excluding hydrogens is 396 g/mol. The van der Waals surface area contributed by atoms with Crippen molar-refractivity contribution in [3.05, 3.63) is 23.3 Å². The summed E-state index contributed by atoms with van der Waals surface area (Å²) in [5.74, 6) is -0.0147. The number of aliphatic hydroxyl groups excluding tert-OH is 1. The molecule has 0 bridgehead atoms. The lowest BCUT2D eigenvalue weighted by molar-refractivity contribution is -0.188. The van der Waals surface area contributed by atoms with Gasteiger partial charge in [-0.3, -0.25) is 4.79 Å². The Bertz CT molecular complexity index is 875. The second-order valence-corrected chi connectivity index (χ2v) is 11.0. The van der Waals surface area contributed by atoms with Gasteiger partial charge in [-0.2, -0.15) is 0 Å². The fourth-order valence-electron chi connectivity index (χ4n) is 8.21. The zero-order chi connectivity index (χ0) is 22.2. The largest absolute Gasteiger partial charge is 0.459 e. The summed E-state index contributed by atoms with van der Waals surface area (Å²) in [6.45, 7) is 6.19. The third-order valence-corrected chi connectivity index (χ3v) is 9.75. The van der Waals surface area contributed by atoms with E-state index in [-0.39, 0.29) is 40.5 Å². The van der Waals surface area contributed by atoms with Crippen molar-refractivity contribution in [2.45, 2.75) is 83.5 Å². The summed E-state index contributed by atoms with van der Waals surface area (Å²) in [6, 6.07) is 0. The summed E-state index contributed by atoms with van der Waals surface area (Å²) in [5, 5.41) is 22.8. The zero-order valence-corrected chi connectivity index (χ0v) is 18.7. The first-order chi connectivity index (χ1) is 14.6. The van der Waals surface area contributed by atoms with Crippen molar-refractivity contribution in [1.82, 2.24) is 0 Å². The Kier molecular flexibility index (Phi) is 4.73. The van der Waals surface area contributed by atoms with E-state index in [1.807, 2.05) is 6.08 Å². The first-order valence-electron chi connectivity index (χ1n) is 11.7. The van der Waals surface area contributed by atoms with Gasteiger partial charge in [-0.05, 0) is 73.7 Å². The fraction of sp³-hybridized carbons (Fsp3) is 0.760. The molecule has 1 heterocycles. The van der Waals surface area contributed by atoms with Crippen LogP contribution in [0.25, 0.3) is 0 Å². The Morgan fingerprint density at radius 1 is 1.19 bits per heavy atom.